The first kappa shape index (κ1) is 22.5. The summed E-state index contributed by atoms with van der Waals surface area (Å²) >= 11 is 12.8. The Labute approximate surface area is 198 Å². The number of nitrogens with zero attached hydrogens (tertiary/aromatic N) is 2. The highest BCUT2D eigenvalue weighted by Gasteiger charge is 2.30. The Hall–Kier alpha value is -2.73. The highest BCUT2D eigenvalue weighted by atomic mass is 35.5. The summed E-state index contributed by atoms with van der Waals surface area (Å²) in [6.07, 6.45) is 0. The van der Waals surface area contributed by atoms with Crippen LogP contribution in [0.15, 0.2) is 72.8 Å². The Morgan fingerprint density at radius 3 is 2.44 bits per heavy atom. The van der Waals surface area contributed by atoms with Crippen molar-refractivity contribution in [3.05, 3.63) is 94.0 Å². The fourth-order valence-electron chi connectivity index (χ4n) is 4.05. The molecule has 1 atom stereocenters. The molecule has 0 saturated carbocycles. The number of piperazine rings is 1. The molecule has 0 bridgehead atoms. The molecule has 1 aliphatic heterocycles. The van der Waals surface area contributed by atoms with Crippen molar-refractivity contribution in [2.24, 2.45) is 5.73 Å². The molecule has 7 heteroatoms. The maximum absolute atomic E-state index is 11.0. The van der Waals surface area contributed by atoms with Gasteiger partial charge in [-0.2, -0.15) is 0 Å². The lowest BCUT2D eigenvalue weighted by atomic mass is 10.0. The Morgan fingerprint density at radius 1 is 1.00 bits per heavy atom. The van der Waals surface area contributed by atoms with Gasteiger partial charge in [0.2, 0.25) is 0 Å². The maximum Gasteiger partial charge on any atom is 0.255 e. The lowest BCUT2D eigenvalue weighted by Crippen LogP contribution is -2.48. The third-order valence-electron chi connectivity index (χ3n) is 5.58. The second-order valence-corrected chi connectivity index (χ2v) is 8.69. The quantitative estimate of drug-likeness (QED) is 0.533. The predicted octanol–water partition coefficient (Wildman–Crippen LogP) is 4.92. The Balaban J connectivity index is 1.58. The van der Waals surface area contributed by atoms with Gasteiger partial charge in [-0.3, -0.25) is 9.69 Å². The molecule has 0 aromatic heterocycles. The number of anilines is 1. The summed E-state index contributed by atoms with van der Waals surface area (Å²) in [7, 11) is 0. The Kier molecular flexibility index (Phi) is 7.20. The first-order valence-corrected chi connectivity index (χ1v) is 11.2. The molecule has 3 aromatic carbocycles. The van der Waals surface area contributed by atoms with Gasteiger partial charge < -0.3 is 15.4 Å². The van der Waals surface area contributed by atoms with Crippen molar-refractivity contribution in [3.63, 3.8) is 0 Å². The van der Waals surface area contributed by atoms with Gasteiger partial charge in [-0.15, -0.1) is 0 Å². The topological polar surface area (TPSA) is 58.8 Å². The molecule has 0 spiro atoms. The van der Waals surface area contributed by atoms with Crippen LogP contribution in [0.1, 0.15) is 17.2 Å². The van der Waals surface area contributed by atoms with Gasteiger partial charge in [0.1, 0.15) is 5.75 Å². The molecule has 166 valence electrons. The molecule has 4 rings (SSSR count). The maximum atomic E-state index is 11.0. The summed E-state index contributed by atoms with van der Waals surface area (Å²) in [5, 5.41) is 1.29. The molecule has 1 amide bonds. The molecular weight excluding hydrogens is 445 g/mol. The standard InChI is InChI=1S/C25H25Cl2N3O2/c26-20-8-6-19(7-9-20)24-16-29(15-18-4-2-1-3-5-18)12-13-30(24)23-11-10-21(14-22(23)27)32-17-25(28)31/h1-11,14,24H,12-13,15-17H2,(H2,28,31)/t24-/m0/s1. The fourth-order valence-corrected chi connectivity index (χ4v) is 4.45. The molecular formula is C25H25Cl2N3O2. The first-order chi connectivity index (χ1) is 15.5. The number of carbonyl (C=O) groups excluding carboxylic acids is 1. The number of benzene rings is 3. The van der Waals surface area contributed by atoms with Crippen molar-refractivity contribution in [2.45, 2.75) is 12.6 Å². The smallest absolute Gasteiger partial charge is 0.255 e. The monoisotopic (exact) mass is 469 g/mol. The molecule has 1 fully saturated rings. The van der Waals surface area contributed by atoms with Crippen LogP contribution in [0.4, 0.5) is 5.69 Å². The van der Waals surface area contributed by atoms with Crippen LogP contribution in [0.2, 0.25) is 10.0 Å². The van der Waals surface area contributed by atoms with Crippen LogP contribution in [-0.2, 0) is 11.3 Å². The third-order valence-corrected chi connectivity index (χ3v) is 6.13. The molecule has 0 unspecified atom stereocenters. The predicted molar refractivity (Wildman–Crippen MR) is 129 cm³/mol. The van der Waals surface area contributed by atoms with Gasteiger partial charge in [0.25, 0.3) is 5.91 Å². The summed E-state index contributed by atoms with van der Waals surface area (Å²) in [6, 6.07) is 24.1. The van der Waals surface area contributed by atoms with Gasteiger partial charge in [0.15, 0.2) is 6.61 Å². The van der Waals surface area contributed by atoms with E-state index in [9.17, 15) is 4.79 Å². The number of ether oxygens (including phenoxy) is 1. The summed E-state index contributed by atoms with van der Waals surface area (Å²) in [4.78, 5) is 15.8. The van der Waals surface area contributed by atoms with Gasteiger partial charge in [-0.05, 0) is 35.4 Å². The third kappa shape index (κ3) is 5.54. The Morgan fingerprint density at radius 2 is 1.75 bits per heavy atom. The molecule has 1 heterocycles. The normalized spacial score (nSPS) is 16.7. The van der Waals surface area contributed by atoms with E-state index in [4.69, 9.17) is 33.7 Å². The fraction of sp³-hybridized carbons (Fsp3) is 0.240. The molecule has 0 radical (unpaired) electrons. The molecule has 1 saturated heterocycles. The minimum Gasteiger partial charge on any atom is -0.484 e. The number of hydrogen-bond donors (Lipinski definition) is 1. The number of carbonyl (C=O) groups is 1. The largest absolute Gasteiger partial charge is 0.484 e. The minimum atomic E-state index is -0.525. The number of rotatable bonds is 7. The van der Waals surface area contributed by atoms with Crippen LogP contribution in [-0.4, -0.2) is 37.0 Å². The van der Waals surface area contributed by atoms with E-state index in [1.54, 1.807) is 6.07 Å². The molecule has 0 aliphatic carbocycles. The van der Waals surface area contributed by atoms with Gasteiger partial charge in [-0.25, -0.2) is 0 Å². The first-order valence-electron chi connectivity index (χ1n) is 10.5. The van der Waals surface area contributed by atoms with Crippen LogP contribution in [0.25, 0.3) is 0 Å². The van der Waals surface area contributed by atoms with E-state index in [2.05, 4.69) is 46.2 Å². The number of nitrogens with two attached hydrogens (primary N) is 1. The van der Waals surface area contributed by atoms with Crippen molar-refractivity contribution in [2.75, 3.05) is 31.1 Å². The van der Waals surface area contributed by atoms with Crippen molar-refractivity contribution in [1.29, 1.82) is 0 Å². The van der Waals surface area contributed by atoms with Crippen molar-refractivity contribution in [1.82, 2.24) is 4.90 Å². The minimum absolute atomic E-state index is 0.111. The second kappa shape index (κ2) is 10.3. The van der Waals surface area contributed by atoms with Crippen LogP contribution in [0, 0.1) is 0 Å². The van der Waals surface area contributed by atoms with E-state index in [-0.39, 0.29) is 12.6 Å². The van der Waals surface area contributed by atoms with Crippen LogP contribution < -0.4 is 15.4 Å². The lowest BCUT2D eigenvalue weighted by Gasteiger charge is -2.43. The van der Waals surface area contributed by atoms with Gasteiger partial charge >= 0.3 is 0 Å². The van der Waals surface area contributed by atoms with Gasteiger partial charge in [0, 0.05) is 37.3 Å². The van der Waals surface area contributed by atoms with Gasteiger partial charge in [0.05, 0.1) is 16.8 Å². The highest BCUT2D eigenvalue weighted by Crippen LogP contribution is 2.37. The van der Waals surface area contributed by atoms with E-state index < -0.39 is 5.91 Å². The summed E-state index contributed by atoms with van der Waals surface area (Å²) < 4.78 is 5.40. The summed E-state index contributed by atoms with van der Waals surface area (Å²) in [5.41, 5.74) is 8.57. The number of primary amides is 1. The second-order valence-electron chi connectivity index (χ2n) is 7.85. The van der Waals surface area contributed by atoms with E-state index in [1.807, 2.05) is 30.3 Å². The number of amides is 1. The number of hydrogen-bond acceptors (Lipinski definition) is 4. The van der Waals surface area contributed by atoms with E-state index in [1.165, 1.54) is 11.1 Å². The van der Waals surface area contributed by atoms with Crippen molar-refractivity contribution >= 4 is 34.8 Å². The molecule has 3 aromatic rings. The highest BCUT2D eigenvalue weighted by molar-refractivity contribution is 6.33. The average molecular weight is 470 g/mol. The molecule has 1 aliphatic rings. The lowest BCUT2D eigenvalue weighted by molar-refractivity contribution is -0.119. The van der Waals surface area contributed by atoms with Crippen LogP contribution in [0.5, 0.6) is 5.75 Å². The zero-order chi connectivity index (χ0) is 22.5. The molecule has 2 N–H and O–H groups in total. The van der Waals surface area contributed by atoms with Crippen LogP contribution >= 0.6 is 23.2 Å². The van der Waals surface area contributed by atoms with Crippen LogP contribution in [0.3, 0.4) is 0 Å². The molecule has 5 nitrogen and oxygen atoms in total. The summed E-state index contributed by atoms with van der Waals surface area (Å²) in [6.45, 7) is 3.30. The molecule has 32 heavy (non-hydrogen) atoms. The zero-order valence-corrected chi connectivity index (χ0v) is 19.1. The summed E-state index contributed by atoms with van der Waals surface area (Å²) in [5.74, 6) is -0.00848. The number of halogens is 2. The Bertz CT molecular complexity index is 1060. The average Bonchev–Trinajstić information content (AvgIpc) is 2.79. The van der Waals surface area contributed by atoms with E-state index in [0.29, 0.717) is 15.8 Å². The SMILES string of the molecule is NC(=O)COc1ccc(N2CCN(Cc3ccccc3)C[C@H]2c2ccc(Cl)cc2)c(Cl)c1. The van der Waals surface area contributed by atoms with E-state index in [0.717, 1.165) is 31.9 Å². The van der Waals surface area contributed by atoms with Crippen molar-refractivity contribution < 1.29 is 9.53 Å². The van der Waals surface area contributed by atoms with Gasteiger partial charge in [-0.1, -0.05) is 65.7 Å². The zero-order valence-electron chi connectivity index (χ0n) is 17.6. The van der Waals surface area contributed by atoms with Crippen molar-refractivity contribution in [3.8, 4) is 5.75 Å². The van der Waals surface area contributed by atoms with E-state index >= 15 is 0 Å².